The minimum absolute atomic E-state index is 0.0143. The third-order valence-corrected chi connectivity index (χ3v) is 2.21. The lowest BCUT2D eigenvalue weighted by atomic mass is 10.4. The molecule has 0 saturated heterocycles. The Kier molecular flexibility index (Phi) is 11.2. The van der Waals surface area contributed by atoms with Crippen LogP contribution < -0.4 is 0 Å². The van der Waals surface area contributed by atoms with Gasteiger partial charge in [-0.15, -0.1) is 0 Å². The largest absolute Gasteiger partial charge is 0.482 e. The zero-order valence-corrected chi connectivity index (χ0v) is 11.9. The summed E-state index contributed by atoms with van der Waals surface area (Å²) in [7, 11) is 0. The molecule has 2 unspecified atom stereocenters. The standard InChI is InChI=1S/C10H18O7S2/c11-1-7(13)3-16-9(18)5-15-6-10(19)17-4-8(14)2-12/h7-8,11-14H,1-6H2. The van der Waals surface area contributed by atoms with Gasteiger partial charge in [0.25, 0.3) is 0 Å². The first kappa shape index (κ1) is 18.6. The van der Waals surface area contributed by atoms with Crippen molar-refractivity contribution in [3.05, 3.63) is 0 Å². The van der Waals surface area contributed by atoms with E-state index in [0.29, 0.717) is 0 Å². The Hall–Kier alpha value is -0.420. The topological polar surface area (TPSA) is 109 Å². The van der Waals surface area contributed by atoms with Crippen molar-refractivity contribution in [1.82, 2.24) is 0 Å². The molecule has 0 aromatic heterocycles. The fourth-order valence-corrected chi connectivity index (χ4v) is 1.09. The average molecular weight is 314 g/mol. The van der Waals surface area contributed by atoms with Crippen LogP contribution in [0.1, 0.15) is 0 Å². The van der Waals surface area contributed by atoms with Crippen LogP contribution in [0.4, 0.5) is 0 Å². The number of aliphatic hydroxyl groups is 4. The Balaban J connectivity index is 3.56. The molecule has 4 N–H and O–H groups in total. The summed E-state index contributed by atoms with van der Waals surface area (Å²) in [4.78, 5) is 0. The van der Waals surface area contributed by atoms with Gasteiger partial charge in [-0.3, -0.25) is 0 Å². The van der Waals surface area contributed by atoms with Crippen LogP contribution in [-0.4, -0.2) is 82.4 Å². The summed E-state index contributed by atoms with van der Waals surface area (Å²) < 4.78 is 14.9. The van der Waals surface area contributed by atoms with Crippen molar-refractivity contribution in [3.8, 4) is 0 Å². The van der Waals surface area contributed by atoms with Crippen LogP contribution in [0.15, 0.2) is 0 Å². The van der Waals surface area contributed by atoms with Gasteiger partial charge in [0.15, 0.2) is 10.1 Å². The third-order valence-electron chi connectivity index (χ3n) is 1.73. The maximum atomic E-state index is 9.01. The Labute approximate surface area is 121 Å². The summed E-state index contributed by atoms with van der Waals surface area (Å²) in [5, 5.41) is 35.3. The molecule has 0 rings (SSSR count). The van der Waals surface area contributed by atoms with Crippen LogP contribution in [0.5, 0.6) is 0 Å². The molecular weight excluding hydrogens is 296 g/mol. The number of aliphatic hydroxyl groups excluding tert-OH is 4. The van der Waals surface area contributed by atoms with E-state index in [2.05, 4.69) is 0 Å². The molecule has 0 aromatic carbocycles. The molecule has 0 fully saturated rings. The summed E-state index contributed by atoms with van der Waals surface area (Å²) in [6, 6.07) is 0. The van der Waals surface area contributed by atoms with E-state index in [4.69, 9.17) is 59.1 Å². The lowest BCUT2D eigenvalue weighted by Gasteiger charge is -2.12. The molecule has 7 nitrogen and oxygen atoms in total. The van der Waals surface area contributed by atoms with Gasteiger partial charge < -0.3 is 34.6 Å². The highest BCUT2D eigenvalue weighted by molar-refractivity contribution is 7.80. The fraction of sp³-hybridized carbons (Fsp3) is 0.800. The minimum atomic E-state index is -0.984. The number of ether oxygens (including phenoxy) is 3. The molecule has 19 heavy (non-hydrogen) atoms. The lowest BCUT2D eigenvalue weighted by molar-refractivity contribution is 0.0429. The predicted molar refractivity (Wildman–Crippen MR) is 74.1 cm³/mol. The Morgan fingerprint density at radius 3 is 1.53 bits per heavy atom. The monoisotopic (exact) mass is 314 g/mol. The molecule has 112 valence electrons. The molecule has 0 aliphatic heterocycles. The Morgan fingerprint density at radius 1 is 0.842 bits per heavy atom. The van der Waals surface area contributed by atoms with E-state index in [-0.39, 0.29) is 36.5 Å². The van der Waals surface area contributed by atoms with Gasteiger partial charge in [0.2, 0.25) is 0 Å². The van der Waals surface area contributed by atoms with Crippen molar-refractivity contribution in [2.24, 2.45) is 0 Å². The first-order valence-electron chi connectivity index (χ1n) is 5.46. The molecular formula is C10H18O7S2. The van der Waals surface area contributed by atoms with Gasteiger partial charge >= 0.3 is 0 Å². The molecule has 0 aromatic rings. The van der Waals surface area contributed by atoms with Crippen molar-refractivity contribution >= 4 is 34.5 Å². The first-order chi connectivity index (χ1) is 8.99. The highest BCUT2D eigenvalue weighted by Crippen LogP contribution is 1.92. The van der Waals surface area contributed by atoms with E-state index < -0.39 is 25.4 Å². The lowest BCUT2D eigenvalue weighted by Crippen LogP contribution is -2.25. The van der Waals surface area contributed by atoms with Gasteiger partial charge in [-0.05, 0) is 24.4 Å². The number of thiocarbonyl (C=S) groups is 2. The van der Waals surface area contributed by atoms with Crippen molar-refractivity contribution in [2.75, 3.05) is 39.6 Å². The fourth-order valence-electron chi connectivity index (χ4n) is 0.785. The second kappa shape index (κ2) is 11.4. The number of hydrogen-bond donors (Lipinski definition) is 4. The van der Waals surface area contributed by atoms with E-state index in [1.54, 1.807) is 0 Å². The van der Waals surface area contributed by atoms with Crippen molar-refractivity contribution < 1.29 is 34.6 Å². The molecule has 0 heterocycles. The van der Waals surface area contributed by atoms with Gasteiger partial charge in [-0.25, -0.2) is 0 Å². The SMILES string of the molecule is OCC(O)COC(=S)COCC(=S)OCC(O)CO. The quantitative estimate of drug-likeness (QED) is 0.354. The smallest absolute Gasteiger partial charge is 0.185 e. The Bertz CT molecular complexity index is 249. The van der Waals surface area contributed by atoms with Gasteiger partial charge in [0.1, 0.15) is 38.6 Å². The molecule has 0 aliphatic rings. The summed E-state index contributed by atoms with van der Waals surface area (Å²) >= 11 is 9.60. The van der Waals surface area contributed by atoms with Crippen LogP contribution in [0.25, 0.3) is 0 Å². The minimum Gasteiger partial charge on any atom is -0.482 e. The van der Waals surface area contributed by atoms with Gasteiger partial charge in [-0.2, -0.15) is 0 Å². The molecule has 9 heteroatoms. The van der Waals surface area contributed by atoms with Crippen molar-refractivity contribution in [2.45, 2.75) is 12.2 Å². The third kappa shape index (κ3) is 11.1. The van der Waals surface area contributed by atoms with Gasteiger partial charge in [-0.1, -0.05) is 0 Å². The summed E-state index contributed by atoms with van der Waals surface area (Å²) in [6.45, 7) is -1.06. The van der Waals surface area contributed by atoms with E-state index in [0.717, 1.165) is 0 Å². The van der Waals surface area contributed by atoms with Gasteiger partial charge in [0, 0.05) is 0 Å². The van der Waals surface area contributed by atoms with E-state index in [9.17, 15) is 0 Å². The Morgan fingerprint density at radius 2 is 1.21 bits per heavy atom. The zero-order chi connectivity index (χ0) is 14.7. The number of rotatable bonds is 10. The number of hydrogen-bond acceptors (Lipinski definition) is 9. The second-order valence-corrected chi connectivity index (χ2v) is 4.44. The van der Waals surface area contributed by atoms with Gasteiger partial charge in [0.05, 0.1) is 13.2 Å². The van der Waals surface area contributed by atoms with Crippen LogP contribution in [0, 0.1) is 0 Å². The van der Waals surface area contributed by atoms with Crippen LogP contribution in [0.3, 0.4) is 0 Å². The van der Waals surface area contributed by atoms with E-state index in [1.165, 1.54) is 0 Å². The van der Waals surface area contributed by atoms with Crippen molar-refractivity contribution in [3.63, 3.8) is 0 Å². The molecule has 0 aliphatic carbocycles. The summed E-state index contributed by atoms with van der Waals surface area (Å²) in [6.07, 6.45) is -1.97. The summed E-state index contributed by atoms with van der Waals surface area (Å²) in [5.41, 5.74) is 0. The highest BCUT2D eigenvalue weighted by atomic mass is 32.1. The predicted octanol–water partition coefficient (Wildman–Crippen LogP) is -1.60. The van der Waals surface area contributed by atoms with Crippen LogP contribution >= 0.6 is 24.4 Å². The van der Waals surface area contributed by atoms with E-state index in [1.807, 2.05) is 0 Å². The van der Waals surface area contributed by atoms with Crippen molar-refractivity contribution in [1.29, 1.82) is 0 Å². The zero-order valence-electron chi connectivity index (χ0n) is 10.2. The molecule has 2 atom stereocenters. The van der Waals surface area contributed by atoms with E-state index >= 15 is 0 Å². The molecule has 0 bridgehead atoms. The molecule has 0 amide bonds. The normalized spacial score (nSPS) is 13.7. The summed E-state index contributed by atoms with van der Waals surface area (Å²) in [5.74, 6) is 0. The maximum absolute atomic E-state index is 9.01. The molecule has 0 spiro atoms. The second-order valence-electron chi connectivity index (χ2n) is 3.53. The average Bonchev–Trinajstić information content (AvgIpc) is 2.41. The van der Waals surface area contributed by atoms with Crippen LogP contribution in [0.2, 0.25) is 0 Å². The van der Waals surface area contributed by atoms with Crippen LogP contribution in [-0.2, 0) is 14.2 Å². The first-order valence-corrected chi connectivity index (χ1v) is 6.28. The molecule has 0 saturated carbocycles. The maximum Gasteiger partial charge on any atom is 0.185 e. The molecule has 0 radical (unpaired) electrons. The highest BCUT2D eigenvalue weighted by Gasteiger charge is 2.07.